The van der Waals surface area contributed by atoms with Gasteiger partial charge >= 0.3 is 0 Å². The van der Waals surface area contributed by atoms with Gasteiger partial charge in [0.25, 0.3) is 0 Å². The van der Waals surface area contributed by atoms with Gasteiger partial charge in [-0.25, -0.2) is 13.4 Å². The Kier molecular flexibility index (Phi) is 8.07. The van der Waals surface area contributed by atoms with E-state index >= 15 is 0 Å². The van der Waals surface area contributed by atoms with Crippen LogP contribution in [0.3, 0.4) is 0 Å². The molecule has 0 unspecified atom stereocenters. The van der Waals surface area contributed by atoms with Crippen molar-refractivity contribution in [1.82, 2.24) is 18.8 Å². The van der Waals surface area contributed by atoms with Crippen molar-refractivity contribution in [3.8, 4) is 6.07 Å². The highest BCUT2D eigenvalue weighted by molar-refractivity contribution is 7.99. The smallest absolute Gasteiger partial charge is 0.243 e. The molecule has 0 aliphatic rings. The first-order valence-electron chi connectivity index (χ1n) is 9.54. The van der Waals surface area contributed by atoms with Gasteiger partial charge in [-0.1, -0.05) is 25.6 Å². The molecule has 1 heterocycles. The Morgan fingerprint density at radius 1 is 1.28 bits per heavy atom. The molecule has 0 fully saturated rings. The summed E-state index contributed by atoms with van der Waals surface area (Å²) in [5, 5.41) is 9.32. The van der Waals surface area contributed by atoms with Crippen molar-refractivity contribution >= 4 is 38.7 Å². The lowest BCUT2D eigenvalue weighted by atomic mass is 10.3. The number of thioether (sulfide) groups is 1. The topological polar surface area (TPSA) is 99.3 Å². The number of aromatic nitrogens is 2. The highest BCUT2D eigenvalue weighted by Gasteiger charge is 2.23. The Bertz CT molecular complexity index is 1010. The normalized spacial score (nSPS) is 11.7. The molecule has 8 nitrogen and oxygen atoms in total. The van der Waals surface area contributed by atoms with Crippen LogP contribution in [0, 0.1) is 11.3 Å². The maximum Gasteiger partial charge on any atom is 0.243 e. The van der Waals surface area contributed by atoms with E-state index in [0.29, 0.717) is 43.3 Å². The molecule has 1 aromatic heterocycles. The summed E-state index contributed by atoms with van der Waals surface area (Å²) >= 11 is 1.31. The van der Waals surface area contributed by atoms with Crippen LogP contribution in [0.5, 0.6) is 0 Å². The van der Waals surface area contributed by atoms with Gasteiger partial charge in [0.15, 0.2) is 5.16 Å². The summed E-state index contributed by atoms with van der Waals surface area (Å²) in [4.78, 5) is 18.6. The minimum Gasteiger partial charge on any atom is -0.344 e. The monoisotopic (exact) mass is 437 g/mol. The average Bonchev–Trinajstić information content (AvgIpc) is 3.07. The molecule has 0 N–H and O–H groups in total. The molecule has 0 atom stereocenters. The Morgan fingerprint density at radius 3 is 2.55 bits per heavy atom. The minimum absolute atomic E-state index is 0.0789. The Hall–Kier alpha value is -2.09. The molecule has 0 saturated carbocycles. The summed E-state index contributed by atoms with van der Waals surface area (Å²) in [5.74, 6) is 0.125. The van der Waals surface area contributed by atoms with E-state index in [4.69, 9.17) is 5.26 Å². The van der Waals surface area contributed by atoms with Gasteiger partial charge < -0.3 is 9.47 Å². The summed E-state index contributed by atoms with van der Waals surface area (Å²) in [6.07, 6.45) is 0.296. The number of aryl methyl sites for hydroxylation is 1. The second-order valence-electron chi connectivity index (χ2n) is 6.39. The van der Waals surface area contributed by atoms with Crippen molar-refractivity contribution in [3.63, 3.8) is 0 Å². The quantitative estimate of drug-likeness (QED) is 0.530. The van der Waals surface area contributed by atoms with E-state index in [0.717, 1.165) is 5.52 Å². The fraction of sp³-hybridized carbons (Fsp3) is 0.526. The second kappa shape index (κ2) is 10.1. The first-order valence-corrected chi connectivity index (χ1v) is 12.0. The van der Waals surface area contributed by atoms with Gasteiger partial charge in [-0.2, -0.15) is 9.57 Å². The number of fused-ring (bicyclic) bond motifs is 1. The van der Waals surface area contributed by atoms with Crippen LogP contribution in [-0.4, -0.2) is 65.5 Å². The third-order valence-electron chi connectivity index (χ3n) is 4.65. The third kappa shape index (κ3) is 5.10. The maximum atomic E-state index is 12.8. The van der Waals surface area contributed by atoms with E-state index in [1.165, 1.54) is 21.0 Å². The molecule has 29 heavy (non-hydrogen) atoms. The van der Waals surface area contributed by atoms with Crippen LogP contribution in [0.1, 0.15) is 27.2 Å². The molecule has 2 aromatic rings. The first kappa shape index (κ1) is 23.2. The molecule has 0 aliphatic carbocycles. The zero-order valence-corrected chi connectivity index (χ0v) is 18.9. The van der Waals surface area contributed by atoms with Crippen LogP contribution in [0.25, 0.3) is 11.0 Å². The SMILES string of the molecule is CCN(CC)S(=O)(=O)c1ccc2c(c1)nc(SCC(=O)N(C)CCC#N)n2CC. The Labute approximate surface area is 176 Å². The van der Waals surface area contributed by atoms with Gasteiger partial charge in [-0.05, 0) is 25.1 Å². The molecular formula is C19H27N5O3S2. The lowest BCUT2D eigenvalue weighted by Gasteiger charge is -2.18. The molecule has 0 spiro atoms. The zero-order chi connectivity index (χ0) is 21.6. The standard InChI is InChI=1S/C19H27N5O3S2/c1-5-23(6-2)29(26,27)15-9-10-17-16(13-15)21-19(24(17)7-3)28-14-18(25)22(4)12-8-11-20/h9-10,13H,5-8,12,14H2,1-4H3. The van der Waals surface area contributed by atoms with Crippen molar-refractivity contribution in [3.05, 3.63) is 18.2 Å². The molecule has 158 valence electrons. The predicted octanol–water partition coefficient (Wildman–Crippen LogP) is 2.55. The number of sulfonamides is 1. The van der Waals surface area contributed by atoms with Crippen molar-refractivity contribution in [2.45, 2.75) is 43.8 Å². The number of hydrogen-bond donors (Lipinski definition) is 0. The number of carbonyl (C=O) groups excluding carboxylic acids is 1. The summed E-state index contributed by atoms with van der Waals surface area (Å²) in [5.41, 5.74) is 1.42. The molecular weight excluding hydrogens is 410 g/mol. The maximum absolute atomic E-state index is 12.8. The van der Waals surface area contributed by atoms with Gasteiger partial charge in [-0.3, -0.25) is 4.79 Å². The molecule has 0 aliphatic heterocycles. The van der Waals surface area contributed by atoms with Crippen molar-refractivity contribution in [1.29, 1.82) is 5.26 Å². The molecule has 2 rings (SSSR count). The van der Waals surface area contributed by atoms with Crippen molar-refractivity contribution in [2.24, 2.45) is 0 Å². The Morgan fingerprint density at radius 2 is 1.97 bits per heavy atom. The summed E-state index contributed by atoms with van der Waals surface area (Å²) in [6, 6.07) is 7.01. The van der Waals surface area contributed by atoms with Crippen LogP contribution in [0.15, 0.2) is 28.3 Å². The number of hydrogen-bond acceptors (Lipinski definition) is 6. The molecule has 0 bridgehead atoms. The molecule has 0 saturated heterocycles. The number of rotatable bonds is 10. The molecule has 0 radical (unpaired) electrons. The number of imidazole rings is 1. The van der Waals surface area contributed by atoms with E-state index in [-0.39, 0.29) is 16.6 Å². The summed E-state index contributed by atoms with van der Waals surface area (Å²) in [7, 11) is -1.88. The van der Waals surface area contributed by atoms with Crippen LogP contribution >= 0.6 is 11.8 Å². The molecule has 1 amide bonds. The highest BCUT2D eigenvalue weighted by atomic mass is 32.2. The predicted molar refractivity (Wildman–Crippen MR) is 114 cm³/mol. The van der Waals surface area contributed by atoms with Gasteiger partial charge in [0, 0.05) is 33.2 Å². The van der Waals surface area contributed by atoms with Crippen LogP contribution in [0.2, 0.25) is 0 Å². The summed E-state index contributed by atoms with van der Waals surface area (Å²) < 4.78 is 29.0. The number of carbonyl (C=O) groups is 1. The molecule has 10 heteroatoms. The van der Waals surface area contributed by atoms with E-state index in [9.17, 15) is 13.2 Å². The average molecular weight is 438 g/mol. The Balaban J connectivity index is 2.30. The number of nitrogens with zero attached hydrogens (tertiary/aromatic N) is 5. The van der Waals surface area contributed by atoms with E-state index in [1.54, 1.807) is 25.2 Å². The van der Waals surface area contributed by atoms with Crippen molar-refractivity contribution in [2.75, 3.05) is 32.4 Å². The number of nitriles is 1. The fourth-order valence-corrected chi connectivity index (χ4v) is 5.45. The van der Waals surface area contributed by atoms with E-state index in [1.807, 2.05) is 31.4 Å². The third-order valence-corrected chi connectivity index (χ3v) is 7.66. The van der Waals surface area contributed by atoms with E-state index in [2.05, 4.69) is 4.98 Å². The number of amides is 1. The van der Waals surface area contributed by atoms with Gasteiger partial charge in [0.05, 0.1) is 34.2 Å². The summed E-state index contributed by atoms with van der Waals surface area (Å²) in [6.45, 7) is 7.46. The van der Waals surface area contributed by atoms with Crippen LogP contribution in [-0.2, 0) is 21.4 Å². The van der Waals surface area contributed by atoms with E-state index < -0.39 is 10.0 Å². The minimum atomic E-state index is -3.56. The van der Waals surface area contributed by atoms with Crippen molar-refractivity contribution < 1.29 is 13.2 Å². The van der Waals surface area contributed by atoms with Gasteiger partial charge in [0.1, 0.15) is 0 Å². The van der Waals surface area contributed by atoms with Gasteiger partial charge in [0.2, 0.25) is 15.9 Å². The van der Waals surface area contributed by atoms with Crippen LogP contribution in [0.4, 0.5) is 0 Å². The van der Waals surface area contributed by atoms with Crippen LogP contribution < -0.4 is 0 Å². The first-order chi connectivity index (χ1) is 13.8. The largest absolute Gasteiger partial charge is 0.344 e. The lowest BCUT2D eigenvalue weighted by molar-refractivity contribution is -0.127. The number of benzene rings is 1. The molecule has 1 aromatic carbocycles. The zero-order valence-electron chi connectivity index (χ0n) is 17.3. The highest BCUT2D eigenvalue weighted by Crippen LogP contribution is 2.27. The van der Waals surface area contributed by atoms with Gasteiger partial charge in [-0.15, -0.1) is 0 Å². The lowest BCUT2D eigenvalue weighted by Crippen LogP contribution is -2.30. The fourth-order valence-electron chi connectivity index (χ4n) is 2.96. The second-order valence-corrected chi connectivity index (χ2v) is 9.27.